The molecule has 0 radical (unpaired) electrons. The lowest BCUT2D eigenvalue weighted by molar-refractivity contribution is 0.277. The maximum absolute atomic E-state index is 5.89. The Labute approximate surface area is 120 Å². The number of aromatic nitrogens is 2. The molecular weight excluding hydrogens is 312 g/mol. The van der Waals surface area contributed by atoms with E-state index in [0.717, 1.165) is 34.7 Å². The van der Waals surface area contributed by atoms with Gasteiger partial charge in [-0.15, -0.1) is 11.6 Å². The molecular formula is C14H16BrClN2. The predicted octanol–water partition coefficient (Wildman–Crippen LogP) is 4.38. The molecule has 1 saturated carbocycles. The van der Waals surface area contributed by atoms with Gasteiger partial charge in [-0.2, -0.15) is 0 Å². The van der Waals surface area contributed by atoms with Crippen LogP contribution in [0.5, 0.6) is 0 Å². The Balaban J connectivity index is 2.04. The van der Waals surface area contributed by atoms with Crippen molar-refractivity contribution in [2.24, 2.45) is 5.92 Å². The highest BCUT2D eigenvalue weighted by Gasteiger charge is 2.20. The second kappa shape index (κ2) is 5.22. The minimum Gasteiger partial charge on any atom is -0.328 e. The minimum absolute atomic E-state index is 0.634. The van der Waals surface area contributed by atoms with E-state index in [1.807, 2.05) is 6.07 Å². The first-order chi connectivity index (χ1) is 8.78. The molecule has 1 aromatic carbocycles. The Hall–Kier alpha value is -0.540. The van der Waals surface area contributed by atoms with Crippen LogP contribution in [-0.4, -0.2) is 15.4 Å². The average Bonchev–Trinajstić information content (AvgIpc) is 2.62. The molecule has 0 aliphatic heterocycles. The smallest absolute Gasteiger partial charge is 0.111 e. The third-order valence-electron chi connectivity index (χ3n) is 3.77. The van der Waals surface area contributed by atoms with Crippen molar-refractivity contribution in [2.75, 3.05) is 5.88 Å². The van der Waals surface area contributed by atoms with Crippen LogP contribution >= 0.6 is 27.5 Å². The molecule has 1 fully saturated rings. The average molecular weight is 328 g/mol. The number of halogens is 2. The van der Waals surface area contributed by atoms with Gasteiger partial charge in [0.15, 0.2) is 0 Å². The first kappa shape index (κ1) is 12.5. The van der Waals surface area contributed by atoms with E-state index in [1.54, 1.807) is 0 Å². The first-order valence-corrected chi connectivity index (χ1v) is 7.81. The lowest BCUT2D eigenvalue weighted by atomic mass is 9.85. The van der Waals surface area contributed by atoms with E-state index < -0.39 is 0 Å². The lowest BCUT2D eigenvalue weighted by Gasteiger charge is -2.26. The summed E-state index contributed by atoms with van der Waals surface area (Å²) in [5.41, 5.74) is 2.31. The molecule has 4 heteroatoms. The predicted molar refractivity (Wildman–Crippen MR) is 79.2 cm³/mol. The standard InChI is InChI=1S/C14H16BrClN2/c15-11-4-5-12-13(8-11)18(9-10-2-1-3-10)14(17-12)6-7-16/h4-5,8,10H,1-3,6-7,9H2. The number of aryl methyl sites for hydroxylation is 1. The molecule has 0 saturated heterocycles. The van der Waals surface area contributed by atoms with Crippen molar-refractivity contribution >= 4 is 38.6 Å². The summed E-state index contributed by atoms with van der Waals surface area (Å²) in [5, 5.41) is 0. The number of hydrogen-bond acceptors (Lipinski definition) is 1. The van der Waals surface area contributed by atoms with Crippen LogP contribution in [0, 0.1) is 5.92 Å². The molecule has 0 unspecified atom stereocenters. The molecule has 96 valence electrons. The molecule has 18 heavy (non-hydrogen) atoms. The third kappa shape index (κ3) is 2.30. The van der Waals surface area contributed by atoms with E-state index in [2.05, 4.69) is 32.6 Å². The Morgan fingerprint density at radius 3 is 2.89 bits per heavy atom. The van der Waals surface area contributed by atoms with Crippen LogP contribution in [0.2, 0.25) is 0 Å². The van der Waals surface area contributed by atoms with E-state index in [4.69, 9.17) is 16.6 Å². The van der Waals surface area contributed by atoms with Crippen molar-refractivity contribution in [3.05, 3.63) is 28.5 Å². The Bertz CT molecular complexity index is 560. The third-order valence-corrected chi connectivity index (χ3v) is 4.46. The van der Waals surface area contributed by atoms with Crippen LogP contribution in [0.4, 0.5) is 0 Å². The summed E-state index contributed by atoms with van der Waals surface area (Å²) in [5.74, 6) is 2.59. The summed E-state index contributed by atoms with van der Waals surface area (Å²) < 4.78 is 3.48. The van der Waals surface area contributed by atoms with Crippen molar-refractivity contribution in [2.45, 2.75) is 32.2 Å². The molecule has 1 aliphatic carbocycles. The van der Waals surface area contributed by atoms with Gasteiger partial charge < -0.3 is 4.57 Å². The van der Waals surface area contributed by atoms with Crippen LogP contribution in [-0.2, 0) is 13.0 Å². The molecule has 3 rings (SSSR count). The topological polar surface area (TPSA) is 17.8 Å². The van der Waals surface area contributed by atoms with Crippen LogP contribution in [0.25, 0.3) is 11.0 Å². The molecule has 1 heterocycles. The van der Waals surface area contributed by atoms with Crippen LogP contribution in [0.15, 0.2) is 22.7 Å². The van der Waals surface area contributed by atoms with Gasteiger partial charge in [-0.25, -0.2) is 4.98 Å². The summed E-state index contributed by atoms with van der Waals surface area (Å²) in [6.07, 6.45) is 4.94. The lowest BCUT2D eigenvalue weighted by Crippen LogP contribution is -2.19. The monoisotopic (exact) mass is 326 g/mol. The van der Waals surface area contributed by atoms with Gasteiger partial charge in [0.25, 0.3) is 0 Å². The van der Waals surface area contributed by atoms with Crippen molar-refractivity contribution < 1.29 is 0 Å². The highest BCUT2D eigenvalue weighted by Crippen LogP contribution is 2.30. The van der Waals surface area contributed by atoms with Gasteiger partial charge in [-0.05, 0) is 37.0 Å². The first-order valence-electron chi connectivity index (χ1n) is 6.48. The number of nitrogens with zero attached hydrogens (tertiary/aromatic N) is 2. The van der Waals surface area contributed by atoms with E-state index in [-0.39, 0.29) is 0 Å². The zero-order chi connectivity index (χ0) is 12.5. The Morgan fingerprint density at radius 2 is 2.22 bits per heavy atom. The second-order valence-electron chi connectivity index (χ2n) is 5.01. The van der Waals surface area contributed by atoms with Crippen LogP contribution in [0.1, 0.15) is 25.1 Å². The summed E-state index contributed by atoms with van der Waals surface area (Å²) in [6, 6.07) is 6.29. The van der Waals surface area contributed by atoms with Gasteiger partial charge in [0, 0.05) is 23.3 Å². The molecule has 2 nitrogen and oxygen atoms in total. The summed E-state index contributed by atoms with van der Waals surface area (Å²) in [6.45, 7) is 1.10. The van der Waals surface area contributed by atoms with Crippen LogP contribution < -0.4 is 0 Å². The van der Waals surface area contributed by atoms with Crippen molar-refractivity contribution in [3.8, 4) is 0 Å². The number of imidazole rings is 1. The van der Waals surface area contributed by atoms with Crippen molar-refractivity contribution in [1.29, 1.82) is 0 Å². The molecule has 2 aromatic rings. The summed E-state index contributed by atoms with van der Waals surface area (Å²) in [7, 11) is 0. The SMILES string of the molecule is ClCCc1nc2ccc(Br)cc2n1CC1CCC1. The maximum atomic E-state index is 5.89. The highest BCUT2D eigenvalue weighted by molar-refractivity contribution is 9.10. The Kier molecular flexibility index (Phi) is 3.62. The zero-order valence-electron chi connectivity index (χ0n) is 10.2. The highest BCUT2D eigenvalue weighted by atomic mass is 79.9. The van der Waals surface area contributed by atoms with Crippen LogP contribution in [0.3, 0.4) is 0 Å². The minimum atomic E-state index is 0.634. The van der Waals surface area contributed by atoms with Gasteiger partial charge in [0.2, 0.25) is 0 Å². The number of benzene rings is 1. The number of alkyl halides is 1. The maximum Gasteiger partial charge on any atom is 0.111 e. The normalized spacial score (nSPS) is 16.1. The van der Waals surface area contributed by atoms with Gasteiger partial charge in [-0.1, -0.05) is 22.4 Å². The number of rotatable bonds is 4. The van der Waals surface area contributed by atoms with Gasteiger partial charge >= 0.3 is 0 Å². The zero-order valence-corrected chi connectivity index (χ0v) is 12.5. The molecule has 0 N–H and O–H groups in total. The van der Waals surface area contributed by atoms with E-state index in [1.165, 1.54) is 24.8 Å². The second-order valence-corrected chi connectivity index (χ2v) is 6.30. The fraction of sp³-hybridized carbons (Fsp3) is 0.500. The fourth-order valence-electron chi connectivity index (χ4n) is 2.56. The largest absolute Gasteiger partial charge is 0.328 e. The summed E-state index contributed by atoms with van der Waals surface area (Å²) >= 11 is 9.43. The molecule has 1 aromatic heterocycles. The van der Waals surface area contributed by atoms with E-state index in [9.17, 15) is 0 Å². The van der Waals surface area contributed by atoms with Gasteiger partial charge in [0.1, 0.15) is 5.82 Å². The fourth-order valence-corrected chi connectivity index (χ4v) is 3.08. The van der Waals surface area contributed by atoms with Crippen molar-refractivity contribution in [1.82, 2.24) is 9.55 Å². The Morgan fingerprint density at radius 1 is 1.39 bits per heavy atom. The van der Waals surface area contributed by atoms with Crippen molar-refractivity contribution in [3.63, 3.8) is 0 Å². The molecule has 0 atom stereocenters. The molecule has 0 spiro atoms. The quantitative estimate of drug-likeness (QED) is 0.762. The van der Waals surface area contributed by atoms with E-state index >= 15 is 0 Å². The molecule has 0 amide bonds. The number of fused-ring (bicyclic) bond motifs is 1. The van der Waals surface area contributed by atoms with Gasteiger partial charge in [0.05, 0.1) is 11.0 Å². The summed E-state index contributed by atoms with van der Waals surface area (Å²) in [4.78, 5) is 4.71. The van der Waals surface area contributed by atoms with Gasteiger partial charge in [-0.3, -0.25) is 0 Å². The van der Waals surface area contributed by atoms with E-state index in [0.29, 0.717) is 5.88 Å². The molecule has 1 aliphatic rings. The molecule has 0 bridgehead atoms. The number of hydrogen-bond donors (Lipinski definition) is 0.